The molecule has 0 aromatic heterocycles. The van der Waals surface area contributed by atoms with Gasteiger partial charge in [-0.3, -0.25) is 0 Å². The third-order valence-corrected chi connectivity index (χ3v) is 4.35. The van der Waals surface area contributed by atoms with Crippen LogP contribution in [-0.4, -0.2) is 34.7 Å². The van der Waals surface area contributed by atoms with Crippen LogP contribution < -0.4 is 14.8 Å². The van der Waals surface area contributed by atoms with Crippen molar-refractivity contribution in [1.29, 1.82) is 0 Å². The van der Waals surface area contributed by atoms with Crippen LogP contribution in [0.3, 0.4) is 0 Å². The average Bonchev–Trinajstić information content (AvgIpc) is 2.49. The van der Waals surface area contributed by atoms with Crippen LogP contribution in [0.1, 0.15) is 33.1 Å². The van der Waals surface area contributed by atoms with E-state index in [-0.39, 0.29) is 4.90 Å². The maximum Gasteiger partial charge on any atom is 0.240 e. The van der Waals surface area contributed by atoms with Gasteiger partial charge in [-0.2, -0.15) is 0 Å². The van der Waals surface area contributed by atoms with E-state index in [1.807, 2.05) is 6.92 Å². The number of nitrogens with one attached hydrogen (secondary N) is 2. The van der Waals surface area contributed by atoms with Crippen molar-refractivity contribution in [3.05, 3.63) is 24.3 Å². The molecule has 0 spiro atoms. The molecule has 21 heavy (non-hydrogen) atoms. The fraction of sp³-hybridized carbons (Fsp3) is 0.600. The van der Waals surface area contributed by atoms with Crippen LogP contribution in [0.15, 0.2) is 29.2 Å². The van der Waals surface area contributed by atoms with E-state index in [0.717, 1.165) is 32.4 Å². The Labute approximate surface area is 128 Å². The molecule has 0 aliphatic rings. The zero-order valence-electron chi connectivity index (χ0n) is 12.9. The van der Waals surface area contributed by atoms with Crippen LogP contribution in [0.5, 0.6) is 5.75 Å². The fourth-order valence-corrected chi connectivity index (χ4v) is 2.86. The molecular weight excluding hydrogens is 288 g/mol. The zero-order valence-corrected chi connectivity index (χ0v) is 13.7. The summed E-state index contributed by atoms with van der Waals surface area (Å²) in [4.78, 5) is 0.271. The molecule has 1 rings (SSSR count). The number of rotatable bonds is 11. The van der Waals surface area contributed by atoms with E-state index >= 15 is 0 Å². The largest absolute Gasteiger partial charge is 0.494 e. The van der Waals surface area contributed by atoms with Gasteiger partial charge in [0.05, 0.1) is 11.5 Å². The molecule has 5 nitrogen and oxygen atoms in total. The van der Waals surface area contributed by atoms with Crippen molar-refractivity contribution in [1.82, 2.24) is 10.0 Å². The average molecular weight is 314 g/mol. The van der Waals surface area contributed by atoms with Gasteiger partial charge in [0.15, 0.2) is 0 Å². The van der Waals surface area contributed by atoms with Crippen molar-refractivity contribution in [2.45, 2.75) is 38.0 Å². The number of sulfonamides is 1. The molecule has 0 amide bonds. The van der Waals surface area contributed by atoms with Gasteiger partial charge in [-0.25, -0.2) is 13.1 Å². The maximum atomic E-state index is 11.9. The zero-order chi connectivity index (χ0) is 15.6. The number of ether oxygens (including phenoxy) is 1. The van der Waals surface area contributed by atoms with Gasteiger partial charge in [0.2, 0.25) is 10.0 Å². The van der Waals surface area contributed by atoms with Crippen molar-refractivity contribution < 1.29 is 13.2 Å². The van der Waals surface area contributed by atoms with Gasteiger partial charge in [0.1, 0.15) is 5.75 Å². The summed E-state index contributed by atoms with van der Waals surface area (Å²) in [6.07, 6.45) is 2.83. The second kappa shape index (κ2) is 9.76. The van der Waals surface area contributed by atoms with Crippen molar-refractivity contribution in [2.75, 3.05) is 26.2 Å². The molecule has 6 heteroatoms. The molecular formula is C15H26N2O3S. The molecule has 0 saturated heterocycles. The maximum absolute atomic E-state index is 11.9. The third kappa shape index (κ3) is 6.93. The molecule has 0 unspecified atom stereocenters. The second-order valence-electron chi connectivity index (χ2n) is 4.82. The Morgan fingerprint density at radius 3 is 2.29 bits per heavy atom. The van der Waals surface area contributed by atoms with Gasteiger partial charge < -0.3 is 10.1 Å². The van der Waals surface area contributed by atoms with Crippen molar-refractivity contribution in [3.63, 3.8) is 0 Å². The monoisotopic (exact) mass is 314 g/mol. The van der Waals surface area contributed by atoms with E-state index in [2.05, 4.69) is 17.0 Å². The summed E-state index contributed by atoms with van der Waals surface area (Å²) in [7, 11) is -3.39. The van der Waals surface area contributed by atoms with Gasteiger partial charge in [-0.15, -0.1) is 0 Å². The highest BCUT2D eigenvalue weighted by molar-refractivity contribution is 7.89. The summed E-state index contributed by atoms with van der Waals surface area (Å²) in [6.45, 7) is 7.09. The minimum atomic E-state index is -3.39. The lowest BCUT2D eigenvalue weighted by Crippen LogP contribution is -2.24. The Morgan fingerprint density at radius 2 is 1.67 bits per heavy atom. The van der Waals surface area contributed by atoms with Gasteiger partial charge >= 0.3 is 0 Å². The summed E-state index contributed by atoms with van der Waals surface area (Å²) in [5.74, 6) is 0.694. The Morgan fingerprint density at radius 1 is 1.00 bits per heavy atom. The number of hydrogen-bond donors (Lipinski definition) is 2. The number of benzene rings is 1. The SMILES string of the molecule is CCCNCCCOc1ccc(S(=O)(=O)NCCC)cc1. The summed E-state index contributed by atoms with van der Waals surface area (Å²) < 4.78 is 31.9. The van der Waals surface area contributed by atoms with E-state index < -0.39 is 10.0 Å². The van der Waals surface area contributed by atoms with Gasteiger partial charge in [0.25, 0.3) is 0 Å². The molecule has 0 atom stereocenters. The normalized spacial score (nSPS) is 11.5. The first-order chi connectivity index (χ1) is 10.1. The van der Waals surface area contributed by atoms with Crippen LogP contribution in [0.25, 0.3) is 0 Å². The lowest BCUT2D eigenvalue weighted by Gasteiger charge is -2.09. The van der Waals surface area contributed by atoms with Crippen molar-refractivity contribution in [3.8, 4) is 5.75 Å². The molecule has 0 aliphatic carbocycles. The topological polar surface area (TPSA) is 67.4 Å². The third-order valence-electron chi connectivity index (χ3n) is 2.87. The van der Waals surface area contributed by atoms with Crippen LogP contribution in [0, 0.1) is 0 Å². The van der Waals surface area contributed by atoms with Crippen LogP contribution >= 0.6 is 0 Å². The summed E-state index contributed by atoms with van der Waals surface area (Å²) in [5, 5.41) is 3.30. The minimum absolute atomic E-state index is 0.271. The molecule has 1 aromatic carbocycles. The van der Waals surface area contributed by atoms with Crippen LogP contribution in [-0.2, 0) is 10.0 Å². The first kappa shape index (κ1) is 17.9. The Balaban J connectivity index is 2.40. The summed E-state index contributed by atoms with van der Waals surface area (Å²) in [6, 6.07) is 6.53. The summed E-state index contributed by atoms with van der Waals surface area (Å²) >= 11 is 0. The molecule has 2 N–H and O–H groups in total. The highest BCUT2D eigenvalue weighted by Crippen LogP contribution is 2.16. The molecule has 0 bridgehead atoms. The molecule has 0 saturated carbocycles. The quantitative estimate of drug-likeness (QED) is 0.614. The first-order valence-electron chi connectivity index (χ1n) is 7.53. The lowest BCUT2D eigenvalue weighted by atomic mass is 10.3. The predicted octanol–water partition coefficient (Wildman–Crippen LogP) is 2.14. The predicted molar refractivity (Wildman–Crippen MR) is 85.2 cm³/mol. The molecule has 0 radical (unpaired) electrons. The van der Waals surface area contributed by atoms with E-state index in [9.17, 15) is 8.42 Å². The van der Waals surface area contributed by atoms with Crippen LogP contribution in [0.2, 0.25) is 0 Å². The lowest BCUT2D eigenvalue weighted by molar-refractivity contribution is 0.308. The first-order valence-corrected chi connectivity index (χ1v) is 9.01. The molecule has 0 fully saturated rings. The van der Waals surface area contributed by atoms with Crippen molar-refractivity contribution >= 4 is 10.0 Å². The van der Waals surface area contributed by atoms with Gasteiger partial charge in [-0.1, -0.05) is 13.8 Å². The molecule has 0 heterocycles. The Bertz CT molecular complexity index is 486. The van der Waals surface area contributed by atoms with E-state index in [1.165, 1.54) is 0 Å². The number of hydrogen-bond acceptors (Lipinski definition) is 4. The second-order valence-corrected chi connectivity index (χ2v) is 6.59. The van der Waals surface area contributed by atoms with E-state index in [0.29, 0.717) is 18.9 Å². The highest BCUT2D eigenvalue weighted by atomic mass is 32.2. The smallest absolute Gasteiger partial charge is 0.240 e. The minimum Gasteiger partial charge on any atom is -0.494 e. The molecule has 120 valence electrons. The summed E-state index contributed by atoms with van der Waals surface area (Å²) in [5.41, 5.74) is 0. The van der Waals surface area contributed by atoms with Gasteiger partial charge in [-0.05, 0) is 56.6 Å². The standard InChI is InChI=1S/C15H26N2O3S/c1-3-10-16-12-5-13-20-14-6-8-15(9-7-14)21(18,19)17-11-4-2/h6-9,16-17H,3-5,10-13H2,1-2H3. The van der Waals surface area contributed by atoms with E-state index in [1.54, 1.807) is 24.3 Å². The fourth-order valence-electron chi connectivity index (χ4n) is 1.72. The Hall–Kier alpha value is -1.11. The molecule has 1 aromatic rings. The Kier molecular flexibility index (Phi) is 8.34. The van der Waals surface area contributed by atoms with E-state index in [4.69, 9.17) is 4.74 Å². The highest BCUT2D eigenvalue weighted by Gasteiger charge is 2.12. The van der Waals surface area contributed by atoms with Crippen molar-refractivity contribution in [2.24, 2.45) is 0 Å². The van der Waals surface area contributed by atoms with Crippen LogP contribution in [0.4, 0.5) is 0 Å². The van der Waals surface area contributed by atoms with Gasteiger partial charge in [0, 0.05) is 6.54 Å². The molecule has 0 aliphatic heterocycles.